The Bertz CT molecular complexity index is 1540. The Balaban J connectivity index is 0.00000812. The van der Waals surface area contributed by atoms with Gasteiger partial charge in [-0.05, 0) is 111 Å². The molecule has 1 aliphatic carbocycles. The van der Waals surface area contributed by atoms with E-state index in [1.807, 2.05) is 6.92 Å². The zero-order valence-electron chi connectivity index (χ0n) is 34.8. The number of unbranched alkanes of at least 4 members (excludes halogenated alkanes) is 12. The molecule has 3 aromatic carbocycles. The second-order valence-electron chi connectivity index (χ2n) is 16.1. The predicted octanol–water partition coefficient (Wildman–Crippen LogP) is 10.2. The van der Waals surface area contributed by atoms with Gasteiger partial charge in [0, 0.05) is 6.61 Å². The number of hydrogen-bond acceptors (Lipinski definition) is 2. The van der Waals surface area contributed by atoms with E-state index in [-0.39, 0.29) is 34.3 Å². The molecule has 0 unspecified atom stereocenters. The van der Waals surface area contributed by atoms with Crippen LogP contribution in [0.15, 0.2) is 138 Å². The van der Waals surface area contributed by atoms with Crippen LogP contribution in [0.1, 0.15) is 131 Å². The van der Waals surface area contributed by atoms with E-state index in [9.17, 15) is 4.79 Å². The van der Waals surface area contributed by atoms with Gasteiger partial charge in [-0.25, -0.2) is 0 Å². The van der Waals surface area contributed by atoms with Crippen LogP contribution < -0.4 is 32.9 Å². The predicted molar refractivity (Wildman–Crippen MR) is 238 cm³/mol. The van der Waals surface area contributed by atoms with Crippen molar-refractivity contribution in [2.45, 2.75) is 137 Å². The van der Waals surface area contributed by atoms with E-state index in [2.05, 4.69) is 149 Å². The highest BCUT2D eigenvalue weighted by atomic mass is 79.9. The maximum absolute atomic E-state index is 13.6. The van der Waals surface area contributed by atoms with Crippen molar-refractivity contribution in [3.05, 3.63) is 138 Å². The van der Waals surface area contributed by atoms with E-state index in [0.717, 1.165) is 30.1 Å². The smallest absolute Gasteiger partial charge is 0.187 e. The number of ketones is 1. The van der Waals surface area contributed by atoms with Gasteiger partial charge in [0.15, 0.2) is 5.78 Å². The molecule has 298 valence electrons. The minimum atomic E-state index is -1.95. The topological polar surface area (TPSA) is 26.3 Å². The Morgan fingerprint density at radius 2 is 1.16 bits per heavy atom. The lowest BCUT2D eigenvalue weighted by atomic mass is 9.71. The van der Waals surface area contributed by atoms with Crippen LogP contribution in [-0.2, 0) is 9.53 Å². The zero-order chi connectivity index (χ0) is 38.5. The second kappa shape index (κ2) is 25.4. The molecule has 0 N–H and O–H groups in total. The summed E-state index contributed by atoms with van der Waals surface area (Å²) in [7, 11) is -1.95. The number of carbonyl (C=O) groups is 1. The number of ether oxygens (including phenoxy) is 1. The molecule has 0 bridgehead atoms. The molecule has 2 nitrogen and oxygen atoms in total. The summed E-state index contributed by atoms with van der Waals surface area (Å²) in [6, 6.07) is 33.1. The highest BCUT2D eigenvalue weighted by Gasteiger charge is 2.44. The Labute approximate surface area is 347 Å². The zero-order valence-corrected chi connectivity index (χ0v) is 37.3. The van der Waals surface area contributed by atoms with Gasteiger partial charge in [-0.15, -0.1) is 0 Å². The van der Waals surface area contributed by atoms with Crippen LogP contribution in [-0.4, -0.2) is 24.7 Å². The maximum atomic E-state index is 13.6. The van der Waals surface area contributed by atoms with Crippen LogP contribution in [0.5, 0.6) is 0 Å². The second-order valence-corrected chi connectivity index (χ2v) is 19.6. The van der Waals surface area contributed by atoms with Crippen molar-refractivity contribution in [3.63, 3.8) is 0 Å². The first-order valence-electron chi connectivity index (χ1n) is 21.2. The third kappa shape index (κ3) is 14.6. The maximum Gasteiger partial charge on any atom is 0.187 e. The molecular formula is C51H70BrO2P. The first-order chi connectivity index (χ1) is 26.3. The van der Waals surface area contributed by atoms with E-state index < -0.39 is 7.26 Å². The molecule has 3 aromatic rings. The van der Waals surface area contributed by atoms with E-state index in [0.29, 0.717) is 6.61 Å². The van der Waals surface area contributed by atoms with Gasteiger partial charge in [0.1, 0.15) is 29.3 Å². The van der Waals surface area contributed by atoms with Gasteiger partial charge in [0.2, 0.25) is 0 Å². The Morgan fingerprint density at radius 1 is 0.709 bits per heavy atom. The van der Waals surface area contributed by atoms with Crippen molar-refractivity contribution in [1.29, 1.82) is 0 Å². The molecule has 0 saturated carbocycles. The molecule has 0 heterocycles. The van der Waals surface area contributed by atoms with Crippen molar-refractivity contribution in [3.8, 4) is 0 Å². The molecule has 1 atom stereocenters. The molecule has 0 radical (unpaired) electrons. The fraction of sp³-hybridized carbons (Fsp3) is 0.471. The highest BCUT2D eigenvalue weighted by Crippen LogP contribution is 2.55. The van der Waals surface area contributed by atoms with Crippen LogP contribution in [0.25, 0.3) is 0 Å². The fourth-order valence-corrected chi connectivity index (χ4v) is 12.1. The lowest BCUT2D eigenvalue weighted by molar-refractivity contribution is -0.129. The van der Waals surface area contributed by atoms with Gasteiger partial charge in [-0.3, -0.25) is 4.79 Å². The van der Waals surface area contributed by atoms with Crippen LogP contribution in [0.3, 0.4) is 0 Å². The number of halogens is 1. The van der Waals surface area contributed by atoms with Crippen molar-refractivity contribution in [2.75, 3.05) is 12.8 Å². The van der Waals surface area contributed by atoms with E-state index >= 15 is 0 Å². The molecule has 0 aromatic heterocycles. The molecular weight excluding hydrogens is 755 g/mol. The third-order valence-corrected chi connectivity index (χ3v) is 15.5. The number of benzene rings is 3. The van der Waals surface area contributed by atoms with Gasteiger partial charge in [-0.2, -0.15) is 0 Å². The fourth-order valence-electron chi connectivity index (χ4n) is 7.98. The number of hydrogen-bond donors (Lipinski definition) is 0. The van der Waals surface area contributed by atoms with Crippen molar-refractivity contribution < 1.29 is 26.5 Å². The molecule has 0 saturated heterocycles. The number of allylic oxidation sites excluding steroid dienone is 7. The van der Waals surface area contributed by atoms with E-state index in [1.54, 1.807) is 0 Å². The standard InChI is InChI=1S/C51H70O2P.BrH/c1-6-7-8-9-10-11-12-13-14-15-16-17-18-19-20-30-40-53-49-42-51(4,5)48(44(3)50(49)52)38-37-43(2)39-41-54(45-31-24-21-25-32-45,46-33-26-22-27-34-46)47-35-28-23-29-36-47;/h13-14,21-29,31-39,49H,6-12,15-20,30,40-42H2,1-5H3;1H/q+1;/p-1/b14-13-,38-37?,43-39?;/t49-;/m0./s1. The highest BCUT2D eigenvalue weighted by molar-refractivity contribution is 7.95. The number of Topliss-reactive ketones (excluding diaryl/α,β-unsaturated/α-hetero) is 1. The number of rotatable bonds is 24. The summed E-state index contributed by atoms with van der Waals surface area (Å²) in [4.78, 5) is 13.6. The molecule has 0 amide bonds. The van der Waals surface area contributed by atoms with Gasteiger partial charge in [0.05, 0.1) is 6.16 Å². The lowest BCUT2D eigenvalue weighted by Gasteiger charge is -2.36. The Kier molecular flexibility index (Phi) is 21.5. The van der Waals surface area contributed by atoms with Gasteiger partial charge >= 0.3 is 0 Å². The van der Waals surface area contributed by atoms with Crippen molar-refractivity contribution >= 4 is 29.0 Å². The van der Waals surface area contributed by atoms with Crippen molar-refractivity contribution in [1.82, 2.24) is 0 Å². The summed E-state index contributed by atoms with van der Waals surface area (Å²) < 4.78 is 6.27. The summed E-state index contributed by atoms with van der Waals surface area (Å²) in [5, 5.41) is 4.16. The lowest BCUT2D eigenvalue weighted by Crippen LogP contribution is -3.00. The molecule has 4 heteroatoms. The average molecular weight is 826 g/mol. The average Bonchev–Trinajstić information content (AvgIpc) is 3.19. The molecule has 0 aliphatic heterocycles. The van der Waals surface area contributed by atoms with E-state index in [4.69, 9.17) is 4.74 Å². The van der Waals surface area contributed by atoms with Gasteiger partial charge in [0.25, 0.3) is 0 Å². The molecule has 55 heavy (non-hydrogen) atoms. The van der Waals surface area contributed by atoms with Crippen LogP contribution in [0.2, 0.25) is 0 Å². The third-order valence-electron chi connectivity index (χ3n) is 11.3. The van der Waals surface area contributed by atoms with Gasteiger partial charge < -0.3 is 21.7 Å². The summed E-state index contributed by atoms with van der Waals surface area (Å²) in [6.45, 7) is 11.7. The van der Waals surface area contributed by atoms with Crippen molar-refractivity contribution in [2.24, 2.45) is 5.41 Å². The van der Waals surface area contributed by atoms with Crippen LogP contribution in [0, 0.1) is 5.41 Å². The first-order valence-corrected chi connectivity index (χ1v) is 23.2. The molecule has 1 aliphatic rings. The Hall–Kier alpha value is -2.84. The molecule has 0 spiro atoms. The van der Waals surface area contributed by atoms with Crippen LogP contribution in [0.4, 0.5) is 0 Å². The largest absolute Gasteiger partial charge is 1.00 e. The minimum Gasteiger partial charge on any atom is -1.00 e. The normalized spacial score (nSPS) is 16.3. The minimum absolute atomic E-state index is 0. The van der Waals surface area contributed by atoms with Crippen LogP contribution >= 0.6 is 7.26 Å². The summed E-state index contributed by atoms with van der Waals surface area (Å²) in [5.41, 5.74) is 3.05. The quantitative estimate of drug-likeness (QED) is 0.0389. The summed E-state index contributed by atoms with van der Waals surface area (Å²) in [5.74, 6) is 0.155. The first kappa shape index (κ1) is 46.5. The SMILES string of the molecule is CCCCCCCC/C=C\CCCCCCCCO[C@H]1CC(C)(C)C(C=CC(C)=CC[P+](c2ccccc2)(c2ccccc2)c2ccccc2)=C(C)C1=O.[Br-]. The Morgan fingerprint density at radius 3 is 1.65 bits per heavy atom. The molecule has 4 rings (SSSR count). The molecule has 0 fully saturated rings. The summed E-state index contributed by atoms with van der Waals surface area (Å²) >= 11 is 0. The van der Waals surface area contributed by atoms with Gasteiger partial charge in [-0.1, -0.05) is 163 Å². The number of carbonyl (C=O) groups excluding carboxylic acids is 1. The summed E-state index contributed by atoms with van der Waals surface area (Å²) in [6.07, 6.45) is 31.0. The monoisotopic (exact) mass is 824 g/mol. The van der Waals surface area contributed by atoms with E-state index in [1.165, 1.54) is 105 Å².